The minimum Gasteiger partial charge on any atom is -0.318 e. The van der Waals surface area contributed by atoms with Crippen molar-refractivity contribution in [2.45, 2.75) is 33.2 Å². The zero-order valence-corrected chi connectivity index (χ0v) is 11.5. The quantitative estimate of drug-likeness (QED) is 0.814. The molecule has 0 amide bonds. The van der Waals surface area contributed by atoms with Crippen LogP contribution in [0.15, 0.2) is 24.3 Å². The molecule has 1 aromatic carbocycles. The number of H-pyrrole nitrogens is 1. The first-order valence-electron chi connectivity index (χ1n) is 6.17. The highest BCUT2D eigenvalue weighted by atomic mass is 32.1. The third-order valence-corrected chi connectivity index (χ3v) is 3.18. The van der Waals surface area contributed by atoms with E-state index in [1.54, 1.807) is 0 Å². The van der Waals surface area contributed by atoms with E-state index in [9.17, 15) is 0 Å². The molecule has 2 aromatic rings. The van der Waals surface area contributed by atoms with Gasteiger partial charge >= 0.3 is 0 Å². The minimum absolute atomic E-state index is 0.618. The lowest BCUT2D eigenvalue weighted by Crippen LogP contribution is -2.18. The average Bonchev–Trinajstić information content (AvgIpc) is 2.70. The van der Waals surface area contributed by atoms with Crippen LogP contribution in [-0.4, -0.2) is 14.9 Å². The van der Waals surface area contributed by atoms with Gasteiger partial charge in [-0.2, -0.15) is 5.10 Å². The molecule has 18 heavy (non-hydrogen) atoms. The standard InChI is InChI=1S/C13H18N4S/c1-3-6-12-15-16-13(18)17(12)14-9-11-8-5-4-7-10(11)2/h4-5,7-8,14H,3,6,9H2,1-2H3,(H,16,18). The lowest BCUT2D eigenvalue weighted by Gasteiger charge is -2.11. The molecular weight excluding hydrogens is 244 g/mol. The summed E-state index contributed by atoms with van der Waals surface area (Å²) in [5.41, 5.74) is 5.86. The van der Waals surface area contributed by atoms with Gasteiger partial charge in [-0.3, -0.25) is 5.10 Å². The monoisotopic (exact) mass is 262 g/mol. The van der Waals surface area contributed by atoms with Crippen LogP contribution in [0.1, 0.15) is 30.3 Å². The summed E-state index contributed by atoms with van der Waals surface area (Å²) >= 11 is 5.22. The molecule has 1 aromatic heterocycles. The minimum atomic E-state index is 0.618. The van der Waals surface area contributed by atoms with Gasteiger partial charge in [0.15, 0.2) is 5.82 Å². The second kappa shape index (κ2) is 5.82. The molecule has 2 rings (SSSR count). The first-order chi connectivity index (χ1) is 8.72. The van der Waals surface area contributed by atoms with Crippen LogP contribution >= 0.6 is 12.2 Å². The zero-order chi connectivity index (χ0) is 13.0. The Morgan fingerprint density at radius 3 is 2.89 bits per heavy atom. The van der Waals surface area contributed by atoms with E-state index in [1.807, 2.05) is 16.8 Å². The highest BCUT2D eigenvalue weighted by Gasteiger charge is 2.05. The van der Waals surface area contributed by atoms with Crippen LogP contribution in [0, 0.1) is 11.7 Å². The summed E-state index contributed by atoms with van der Waals surface area (Å²) in [5.74, 6) is 0.955. The number of aromatic nitrogens is 3. The maximum Gasteiger partial charge on any atom is 0.214 e. The fraction of sp³-hybridized carbons (Fsp3) is 0.385. The molecule has 5 heteroatoms. The molecule has 0 fully saturated rings. The van der Waals surface area contributed by atoms with Crippen LogP contribution in [0.25, 0.3) is 0 Å². The predicted octanol–water partition coefficient (Wildman–Crippen LogP) is 2.95. The van der Waals surface area contributed by atoms with Crippen molar-refractivity contribution >= 4 is 12.2 Å². The Kier molecular flexibility index (Phi) is 4.15. The van der Waals surface area contributed by atoms with Gasteiger partial charge < -0.3 is 5.43 Å². The lowest BCUT2D eigenvalue weighted by atomic mass is 10.1. The highest BCUT2D eigenvalue weighted by Crippen LogP contribution is 2.07. The Hall–Kier alpha value is -1.62. The first-order valence-corrected chi connectivity index (χ1v) is 6.58. The van der Waals surface area contributed by atoms with Gasteiger partial charge in [-0.25, -0.2) is 4.68 Å². The van der Waals surface area contributed by atoms with Gasteiger partial charge in [-0.15, -0.1) is 0 Å². The van der Waals surface area contributed by atoms with E-state index in [-0.39, 0.29) is 0 Å². The number of nitrogens with zero attached hydrogens (tertiary/aromatic N) is 2. The maximum absolute atomic E-state index is 5.22. The average molecular weight is 262 g/mol. The van der Waals surface area contributed by atoms with E-state index < -0.39 is 0 Å². The van der Waals surface area contributed by atoms with E-state index in [0.717, 1.165) is 25.2 Å². The summed E-state index contributed by atoms with van der Waals surface area (Å²) in [6.45, 7) is 4.99. The van der Waals surface area contributed by atoms with E-state index >= 15 is 0 Å². The van der Waals surface area contributed by atoms with Gasteiger partial charge in [-0.1, -0.05) is 31.2 Å². The third-order valence-electron chi connectivity index (χ3n) is 2.90. The van der Waals surface area contributed by atoms with Gasteiger partial charge in [-0.05, 0) is 36.7 Å². The number of rotatable bonds is 5. The molecule has 4 nitrogen and oxygen atoms in total. The molecule has 0 aliphatic carbocycles. The molecule has 0 radical (unpaired) electrons. The van der Waals surface area contributed by atoms with Crippen molar-refractivity contribution in [2.75, 3.05) is 5.43 Å². The molecule has 0 unspecified atom stereocenters. The van der Waals surface area contributed by atoms with E-state index in [2.05, 4.69) is 41.6 Å². The molecule has 0 aliphatic heterocycles. The Balaban J connectivity index is 2.13. The van der Waals surface area contributed by atoms with Gasteiger partial charge in [0.1, 0.15) is 0 Å². The molecular formula is C13H18N4S. The third kappa shape index (κ3) is 2.79. The fourth-order valence-electron chi connectivity index (χ4n) is 1.86. The number of benzene rings is 1. The SMILES string of the molecule is CCCc1n[nH]c(=S)n1NCc1ccccc1C. The predicted molar refractivity (Wildman–Crippen MR) is 75.7 cm³/mol. The summed E-state index contributed by atoms with van der Waals surface area (Å²) in [6.07, 6.45) is 1.96. The van der Waals surface area contributed by atoms with Crippen molar-refractivity contribution in [1.29, 1.82) is 0 Å². The summed E-state index contributed by atoms with van der Waals surface area (Å²) < 4.78 is 2.48. The lowest BCUT2D eigenvalue weighted by molar-refractivity contribution is 0.730. The van der Waals surface area contributed by atoms with Crippen molar-refractivity contribution in [3.63, 3.8) is 0 Å². The van der Waals surface area contributed by atoms with Gasteiger partial charge in [0.05, 0.1) is 6.54 Å². The van der Waals surface area contributed by atoms with Crippen LogP contribution in [-0.2, 0) is 13.0 Å². The highest BCUT2D eigenvalue weighted by molar-refractivity contribution is 7.71. The van der Waals surface area contributed by atoms with E-state index in [0.29, 0.717) is 4.77 Å². The Morgan fingerprint density at radius 2 is 2.17 bits per heavy atom. The van der Waals surface area contributed by atoms with Crippen molar-refractivity contribution in [1.82, 2.24) is 14.9 Å². The van der Waals surface area contributed by atoms with Crippen LogP contribution in [0.4, 0.5) is 0 Å². The Labute approximate surface area is 112 Å². The smallest absolute Gasteiger partial charge is 0.214 e. The van der Waals surface area contributed by atoms with Gasteiger partial charge in [0.25, 0.3) is 0 Å². The molecule has 1 heterocycles. The summed E-state index contributed by atoms with van der Waals surface area (Å²) in [5, 5.41) is 7.05. The first kappa shape index (κ1) is 12.8. The molecule has 0 atom stereocenters. The van der Waals surface area contributed by atoms with E-state index in [4.69, 9.17) is 12.2 Å². The number of nitrogens with one attached hydrogen (secondary N) is 2. The van der Waals surface area contributed by atoms with Gasteiger partial charge in [0.2, 0.25) is 4.77 Å². The topological polar surface area (TPSA) is 45.6 Å². The summed E-state index contributed by atoms with van der Waals surface area (Å²) in [7, 11) is 0. The van der Waals surface area contributed by atoms with Crippen molar-refractivity contribution in [3.8, 4) is 0 Å². The number of hydrogen-bond donors (Lipinski definition) is 2. The molecule has 0 bridgehead atoms. The molecule has 0 spiro atoms. The number of aryl methyl sites for hydroxylation is 2. The molecule has 2 N–H and O–H groups in total. The molecule has 0 saturated heterocycles. The molecule has 96 valence electrons. The summed E-state index contributed by atoms with van der Waals surface area (Å²) in [4.78, 5) is 0. The number of aromatic amines is 1. The largest absolute Gasteiger partial charge is 0.318 e. The van der Waals surface area contributed by atoms with Crippen LogP contribution < -0.4 is 5.43 Å². The Morgan fingerprint density at radius 1 is 1.39 bits per heavy atom. The summed E-state index contributed by atoms with van der Waals surface area (Å²) in [6, 6.07) is 8.32. The van der Waals surface area contributed by atoms with Crippen LogP contribution in [0.5, 0.6) is 0 Å². The second-order valence-corrected chi connectivity index (χ2v) is 4.68. The molecule has 0 saturated carbocycles. The fourth-order valence-corrected chi connectivity index (χ4v) is 2.07. The van der Waals surface area contributed by atoms with Crippen molar-refractivity contribution in [2.24, 2.45) is 0 Å². The second-order valence-electron chi connectivity index (χ2n) is 4.29. The number of hydrogen-bond acceptors (Lipinski definition) is 3. The molecule has 0 aliphatic rings. The van der Waals surface area contributed by atoms with Gasteiger partial charge in [0, 0.05) is 6.42 Å². The van der Waals surface area contributed by atoms with Crippen LogP contribution in [0.3, 0.4) is 0 Å². The normalized spacial score (nSPS) is 10.6. The van der Waals surface area contributed by atoms with Crippen molar-refractivity contribution in [3.05, 3.63) is 46.0 Å². The zero-order valence-electron chi connectivity index (χ0n) is 10.7. The maximum atomic E-state index is 5.22. The Bertz CT molecular complexity index is 570. The van der Waals surface area contributed by atoms with Crippen molar-refractivity contribution < 1.29 is 0 Å². The van der Waals surface area contributed by atoms with E-state index in [1.165, 1.54) is 11.1 Å². The van der Waals surface area contributed by atoms with Crippen LogP contribution in [0.2, 0.25) is 0 Å².